The van der Waals surface area contributed by atoms with Gasteiger partial charge in [0.15, 0.2) is 0 Å². The lowest BCUT2D eigenvalue weighted by atomic mass is 10.1. The topological polar surface area (TPSA) is 19.7 Å². The Morgan fingerprint density at radius 1 is 0.207 bits per heavy atom. The molecule has 0 fully saturated rings. The van der Waals surface area contributed by atoms with E-state index in [-0.39, 0.29) is 0 Å². The molecule has 0 aliphatic heterocycles. The molecule has 13 rings (SSSR count). The van der Waals surface area contributed by atoms with Gasteiger partial charge in [-0.15, -0.1) is 0 Å². The lowest BCUT2D eigenvalue weighted by Crippen LogP contribution is -2.03. The number of hydrogen-bond acceptors (Lipinski definition) is 0. The quantitative estimate of drug-likeness (QED) is 0.171. The van der Waals surface area contributed by atoms with Crippen molar-refractivity contribution in [2.24, 2.45) is 0 Å². The van der Waals surface area contributed by atoms with Gasteiger partial charge >= 0.3 is 0 Å². The molecule has 13 aromatic rings. The van der Waals surface area contributed by atoms with Crippen molar-refractivity contribution in [2.75, 3.05) is 0 Å². The molecular weight excluding hydrogens is 705 g/mol. The van der Waals surface area contributed by atoms with E-state index in [4.69, 9.17) is 0 Å². The van der Waals surface area contributed by atoms with Crippen molar-refractivity contribution < 1.29 is 0 Å². The summed E-state index contributed by atoms with van der Waals surface area (Å²) in [6, 6.07) is 75.6. The second-order valence-electron chi connectivity index (χ2n) is 15.3. The summed E-state index contributed by atoms with van der Waals surface area (Å²) in [4.78, 5) is 0. The highest BCUT2D eigenvalue weighted by atomic mass is 15.1. The molecule has 9 aromatic carbocycles. The van der Waals surface area contributed by atoms with Crippen molar-refractivity contribution in [1.82, 2.24) is 18.3 Å². The minimum atomic E-state index is 1.12. The largest absolute Gasteiger partial charge is 0.309 e. The Morgan fingerprint density at radius 2 is 0.569 bits per heavy atom. The minimum absolute atomic E-state index is 1.12. The van der Waals surface area contributed by atoms with E-state index in [0.717, 1.165) is 33.8 Å². The van der Waals surface area contributed by atoms with E-state index < -0.39 is 0 Å². The van der Waals surface area contributed by atoms with E-state index >= 15 is 0 Å². The Kier molecular flexibility index (Phi) is 6.41. The number of aromatic nitrogens is 4. The van der Waals surface area contributed by atoms with Crippen molar-refractivity contribution in [3.8, 4) is 22.7 Å². The van der Waals surface area contributed by atoms with Gasteiger partial charge in [0.25, 0.3) is 0 Å². The monoisotopic (exact) mass is 738 g/mol. The summed E-state index contributed by atoms with van der Waals surface area (Å²) in [6.45, 7) is 0. The second-order valence-corrected chi connectivity index (χ2v) is 15.3. The van der Waals surface area contributed by atoms with Gasteiger partial charge in [-0.05, 0) is 78.9 Å². The normalized spacial score (nSPS) is 12.1. The fraction of sp³-hybridized carbons (Fsp3) is 0. The molecule has 0 aliphatic carbocycles. The van der Waals surface area contributed by atoms with Crippen LogP contribution in [-0.2, 0) is 0 Å². The summed E-state index contributed by atoms with van der Waals surface area (Å²) in [5.41, 5.74) is 14.0. The Bertz CT molecular complexity index is 3640. The van der Waals surface area contributed by atoms with E-state index in [2.05, 4.69) is 225 Å². The predicted molar refractivity (Wildman–Crippen MR) is 244 cm³/mol. The van der Waals surface area contributed by atoms with Crippen molar-refractivity contribution in [3.63, 3.8) is 0 Å². The number of rotatable bonds is 4. The van der Waals surface area contributed by atoms with Gasteiger partial charge in [-0.3, -0.25) is 0 Å². The number of fused-ring (bicyclic) bond motifs is 12. The fourth-order valence-electron chi connectivity index (χ4n) is 9.97. The molecular formula is C54H34N4. The van der Waals surface area contributed by atoms with Crippen LogP contribution < -0.4 is 0 Å². The van der Waals surface area contributed by atoms with Crippen LogP contribution in [0.25, 0.3) is 110 Å². The molecule has 0 aliphatic rings. The van der Waals surface area contributed by atoms with Crippen molar-refractivity contribution in [3.05, 3.63) is 206 Å². The molecule has 0 saturated carbocycles. The zero-order valence-corrected chi connectivity index (χ0v) is 31.4. The molecule has 0 spiro atoms. The molecule has 0 unspecified atom stereocenters. The highest BCUT2D eigenvalue weighted by Crippen LogP contribution is 2.44. The molecule has 0 bridgehead atoms. The molecule has 0 amide bonds. The summed E-state index contributed by atoms with van der Waals surface area (Å²) in [6.07, 6.45) is 0. The van der Waals surface area contributed by atoms with Crippen LogP contribution >= 0.6 is 0 Å². The number of para-hydroxylation sites is 7. The van der Waals surface area contributed by atoms with E-state index in [0.29, 0.717) is 0 Å². The van der Waals surface area contributed by atoms with Crippen LogP contribution in [0.4, 0.5) is 0 Å². The first-order valence-corrected chi connectivity index (χ1v) is 20.0. The maximum Gasteiger partial charge on any atom is 0.0784 e. The third kappa shape index (κ3) is 4.23. The summed E-state index contributed by atoms with van der Waals surface area (Å²) in [7, 11) is 0. The fourth-order valence-corrected chi connectivity index (χ4v) is 9.97. The lowest BCUT2D eigenvalue weighted by molar-refractivity contribution is 1.11. The van der Waals surface area contributed by atoms with Crippen LogP contribution in [0.2, 0.25) is 0 Å². The van der Waals surface area contributed by atoms with Crippen molar-refractivity contribution >= 4 is 87.2 Å². The predicted octanol–water partition coefficient (Wildman–Crippen LogP) is 14.1. The molecule has 4 heteroatoms. The molecule has 4 nitrogen and oxygen atoms in total. The van der Waals surface area contributed by atoms with Crippen LogP contribution in [0.5, 0.6) is 0 Å². The van der Waals surface area contributed by atoms with E-state index in [1.54, 1.807) is 0 Å². The summed E-state index contributed by atoms with van der Waals surface area (Å²) < 4.78 is 9.87. The lowest BCUT2D eigenvalue weighted by Gasteiger charge is -2.17. The van der Waals surface area contributed by atoms with Crippen LogP contribution in [0.3, 0.4) is 0 Å². The van der Waals surface area contributed by atoms with Gasteiger partial charge < -0.3 is 18.3 Å². The highest BCUT2D eigenvalue weighted by Gasteiger charge is 2.24. The molecule has 0 saturated heterocycles. The maximum absolute atomic E-state index is 2.50. The summed E-state index contributed by atoms with van der Waals surface area (Å²) in [5, 5.41) is 9.88. The summed E-state index contributed by atoms with van der Waals surface area (Å²) in [5.74, 6) is 0. The van der Waals surface area contributed by atoms with Crippen molar-refractivity contribution in [2.45, 2.75) is 0 Å². The Balaban J connectivity index is 1.24. The Morgan fingerprint density at radius 3 is 1.03 bits per heavy atom. The van der Waals surface area contributed by atoms with Crippen molar-refractivity contribution in [1.29, 1.82) is 0 Å². The Hall–Kier alpha value is -7.82. The van der Waals surface area contributed by atoms with Gasteiger partial charge in [-0.1, -0.05) is 127 Å². The molecule has 4 heterocycles. The molecule has 58 heavy (non-hydrogen) atoms. The van der Waals surface area contributed by atoms with Gasteiger partial charge in [0.1, 0.15) is 0 Å². The first kappa shape index (κ1) is 31.4. The minimum Gasteiger partial charge on any atom is -0.309 e. The SMILES string of the molecule is c1ccc(-n2c3ccc(-n4c5ccccc5c5ccccc54)cc3c3cc(-n4c5ccccc5c5ccccc54)cc(-n4c5ccccc5c5ccccc54)c32)cc1. The second kappa shape index (κ2) is 11.8. The first-order chi connectivity index (χ1) is 28.8. The van der Waals surface area contributed by atoms with Crippen LogP contribution in [-0.4, -0.2) is 18.3 Å². The van der Waals surface area contributed by atoms with Gasteiger partial charge in [-0.25, -0.2) is 0 Å². The average molecular weight is 739 g/mol. The van der Waals surface area contributed by atoms with E-state index in [1.807, 2.05) is 0 Å². The molecule has 0 atom stereocenters. The highest BCUT2D eigenvalue weighted by molar-refractivity contribution is 6.17. The molecule has 0 N–H and O–H groups in total. The van der Waals surface area contributed by atoms with Crippen LogP contribution in [0.15, 0.2) is 206 Å². The third-order valence-electron chi connectivity index (χ3n) is 12.3. The smallest absolute Gasteiger partial charge is 0.0784 e. The molecule has 4 aromatic heterocycles. The van der Waals surface area contributed by atoms with Gasteiger partial charge in [0.2, 0.25) is 0 Å². The van der Waals surface area contributed by atoms with Gasteiger partial charge in [-0.2, -0.15) is 0 Å². The third-order valence-corrected chi connectivity index (χ3v) is 12.3. The van der Waals surface area contributed by atoms with Gasteiger partial charge in [0, 0.05) is 60.2 Å². The van der Waals surface area contributed by atoms with E-state index in [9.17, 15) is 0 Å². The van der Waals surface area contributed by atoms with Crippen LogP contribution in [0, 0.1) is 0 Å². The number of nitrogens with zero attached hydrogens (tertiary/aromatic N) is 4. The number of hydrogen-bond donors (Lipinski definition) is 0. The Labute approximate surface area is 333 Å². The van der Waals surface area contributed by atoms with Crippen LogP contribution in [0.1, 0.15) is 0 Å². The zero-order valence-electron chi connectivity index (χ0n) is 31.4. The van der Waals surface area contributed by atoms with E-state index in [1.165, 1.54) is 76.2 Å². The zero-order chi connectivity index (χ0) is 37.9. The maximum atomic E-state index is 2.50. The summed E-state index contributed by atoms with van der Waals surface area (Å²) >= 11 is 0. The molecule has 270 valence electrons. The standard InChI is InChI=1S/C54H34N4/c1-2-16-35(17-3-1)57-52-31-30-36(55-46-24-10-4-18-38(46)39-19-5-11-25-47(39)55)32-44(52)45-33-37(56-48-26-12-6-20-40(48)41-21-7-13-27-49(41)56)34-53(54(45)57)58-50-28-14-8-22-42(50)43-23-9-15-29-51(43)58/h1-34H. The number of benzene rings is 9. The first-order valence-electron chi connectivity index (χ1n) is 20.0. The average Bonchev–Trinajstić information content (AvgIpc) is 4.01. The molecule has 0 radical (unpaired) electrons. The van der Waals surface area contributed by atoms with Gasteiger partial charge in [0.05, 0.1) is 49.8 Å².